The number of allylic oxidation sites excluding steroid dienone is 1. The minimum Gasteiger partial charge on any atom is -0.425 e. The van der Waals surface area contributed by atoms with Crippen molar-refractivity contribution in [2.75, 3.05) is 0 Å². The minimum absolute atomic E-state index is 0.0675. The van der Waals surface area contributed by atoms with E-state index in [1.54, 1.807) is 13.0 Å². The van der Waals surface area contributed by atoms with Gasteiger partial charge < -0.3 is 4.74 Å². The van der Waals surface area contributed by atoms with E-state index in [1.807, 2.05) is 13.0 Å². The molecule has 0 radical (unpaired) electrons. The van der Waals surface area contributed by atoms with E-state index in [4.69, 9.17) is 4.74 Å². The van der Waals surface area contributed by atoms with Gasteiger partial charge in [0.15, 0.2) is 0 Å². The van der Waals surface area contributed by atoms with Crippen LogP contribution < -0.4 is 0 Å². The van der Waals surface area contributed by atoms with Gasteiger partial charge in [-0.2, -0.15) is 0 Å². The van der Waals surface area contributed by atoms with E-state index in [1.165, 1.54) is 0 Å². The second-order valence-electron chi connectivity index (χ2n) is 3.96. The van der Waals surface area contributed by atoms with Crippen LogP contribution >= 0.6 is 0 Å². The second kappa shape index (κ2) is 6.78. The monoisotopic (exact) mass is 255 g/mol. The smallest absolute Gasteiger partial charge is 0.425 e. The van der Waals surface area contributed by atoms with Gasteiger partial charge in [-0.1, -0.05) is 24.5 Å². The van der Waals surface area contributed by atoms with E-state index >= 15 is 0 Å². The SMILES string of the molecule is CCC/C=C/C(C)OC(=O)ON1C(=O)CCC1=O. The van der Waals surface area contributed by atoms with Gasteiger partial charge in [0, 0.05) is 12.8 Å². The van der Waals surface area contributed by atoms with Crippen LogP contribution in [0.1, 0.15) is 39.5 Å². The van der Waals surface area contributed by atoms with E-state index in [0.29, 0.717) is 5.06 Å². The number of nitrogens with zero attached hydrogens (tertiary/aromatic N) is 1. The van der Waals surface area contributed by atoms with Gasteiger partial charge in [-0.05, 0) is 19.4 Å². The Labute approximate surface area is 105 Å². The molecule has 6 heteroatoms. The van der Waals surface area contributed by atoms with Gasteiger partial charge in [-0.3, -0.25) is 14.4 Å². The Bertz CT molecular complexity index is 347. The molecule has 1 fully saturated rings. The van der Waals surface area contributed by atoms with Crippen molar-refractivity contribution in [1.29, 1.82) is 0 Å². The molecule has 1 heterocycles. The number of ether oxygens (including phenoxy) is 1. The molecule has 18 heavy (non-hydrogen) atoms. The summed E-state index contributed by atoms with van der Waals surface area (Å²) in [5.74, 6) is -1.04. The standard InChI is InChI=1S/C12H17NO5/c1-3-4-5-6-9(2)17-12(16)18-13-10(14)7-8-11(13)15/h5-6,9H,3-4,7-8H2,1-2H3/b6-5+. The first kappa shape index (κ1) is 14.2. The molecule has 1 saturated heterocycles. The van der Waals surface area contributed by atoms with E-state index in [2.05, 4.69) is 4.84 Å². The van der Waals surface area contributed by atoms with E-state index in [-0.39, 0.29) is 12.8 Å². The number of rotatable bonds is 5. The van der Waals surface area contributed by atoms with Crippen LogP contribution in [0.15, 0.2) is 12.2 Å². The van der Waals surface area contributed by atoms with Crippen molar-refractivity contribution in [3.8, 4) is 0 Å². The summed E-state index contributed by atoms with van der Waals surface area (Å²) in [7, 11) is 0. The van der Waals surface area contributed by atoms with Crippen LogP contribution in [0.4, 0.5) is 4.79 Å². The lowest BCUT2D eigenvalue weighted by atomic mass is 10.3. The molecule has 1 rings (SSSR count). The van der Waals surface area contributed by atoms with Crippen LogP contribution in [0.3, 0.4) is 0 Å². The lowest BCUT2D eigenvalue weighted by molar-refractivity contribution is -0.177. The fraction of sp³-hybridized carbons (Fsp3) is 0.583. The summed E-state index contributed by atoms with van der Waals surface area (Å²) in [6, 6.07) is 0. The first-order chi connectivity index (χ1) is 8.54. The summed E-state index contributed by atoms with van der Waals surface area (Å²) in [4.78, 5) is 38.2. The highest BCUT2D eigenvalue weighted by molar-refractivity contribution is 6.01. The van der Waals surface area contributed by atoms with Gasteiger partial charge in [0.2, 0.25) is 0 Å². The van der Waals surface area contributed by atoms with Crippen LogP contribution in [0, 0.1) is 0 Å². The fourth-order valence-electron chi connectivity index (χ4n) is 1.40. The Morgan fingerprint density at radius 3 is 2.56 bits per heavy atom. The second-order valence-corrected chi connectivity index (χ2v) is 3.96. The highest BCUT2D eigenvalue weighted by atomic mass is 16.8. The van der Waals surface area contributed by atoms with Crippen LogP contribution in [0.25, 0.3) is 0 Å². The van der Waals surface area contributed by atoms with E-state index in [0.717, 1.165) is 12.8 Å². The molecule has 100 valence electrons. The molecule has 0 N–H and O–H groups in total. The normalized spacial score (nSPS) is 17.3. The van der Waals surface area contributed by atoms with Crippen LogP contribution in [0.2, 0.25) is 0 Å². The van der Waals surface area contributed by atoms with Gasteiger partial charge in [0.05, 0.1) is 0 Å². The predicted octanol–water partition coefficient (Wildman–Crippen LogP) is 1.95. The molecule has 0 aliphatic carbocycles. The molecule has 0 spiro atoms. The maximum Gasteiger partial charge on any atom is 0.534 e. The summed E-state index contributed by atoms with van der Waals surface area (Å²) >= 11 is 0. The van der Waals surface area contributed by atoms with E-state index in [9.17, 15) is 14.4 Å². The van der Waals surface area contributed by atoms with Crippen LogP contribution in [-0.4, -0.2) is 29.1 Å². The maximum atomic E-state index is 11.3. The van der Waals surface area contributed by atoms with Crippen molar-refractivity contribution in [2.45, 2.75) is 45.6 Å². The molecule has 1 unspecified atom stereocenters. The number of unbranched alkanes of at least 4 members (excludes halogenated alkanes) is 1. The summed E-state index contributed by atoms with van der Waals surface area (Å²) in [5.41, 5.74) is 0. The Kier molecular flexibility index (Phi) is 5.35. The molecule has 6 nitrogen and oxygen atoms in total. The summed E-state index contributed by atoms with van der Waals surface area (Å²) < 4.78 is 4.86. The van der Waals surface area contributed by atoms with Crippen LogP contribution in [-0.2, 0) is 19.2 Å². The van der Waals surface area contributed by atoms with Gasteiger partial charge >= 0.3 is 6.16 Å². The van der Waals surface area contributed by atoms with Crippen molar-refractivity contribution < 1.29 is 24.0 Å². The van der Waals surface area contributed by atoms with Gasteiger partial charge in [0.1, 0.15) is 6.10 Å². The quantitative estimate of drug-likeness (QED) is 0.426. The number of amides is 2. The number of hydrogen-bond acceptors (Lipinski definition) is 5. The average Bonchev–Trinajstić information content (AvgIpc) is 2.61. The fourth-order valence-corrected chi connectivity index (χ4v) is 1.40. The molecule has 1 aliphatic heterocycles. The van der Waals surface area contributed by atoms with Crippen molar-refractivity contribution in [3.05, 3.63) is 12.2 Å². The van der Waals surface area contributed by atoms with Crippen molar-refractivity contribution in [2.24, 2.45) is 0 Å². The molecule has 1 aliphatic rings. The topological polar surface area (TPSA) is 72.9 Å². The highest BCUT2D eigenvalue weighted by Crippen LogP contribution is 2.13. The molecule has 0 saturated carbocycles. The first-order valence-electron chi connectivity index (χ1n) is 5.95. The number of imide groups is 1. The molecule has 1 atom stereocenters. The highest BCUT2D eigenvalue weighted by Gasteiger charge is 2.33. The summed E-state index contributed by atoms with van der Waals surface area (Å²) in [6.07, 6.45) is 4.14. The first-order valence-corrected chi connectivity index (χ1v) is 5.95. The Morgan fingerprint density at radius 1 is 1.39 bits per heavy atom. The largest absolute Gasteiger partial charge is 0.534 e. The molecular formula is C12H17NO5. The van der Waals surface area contributed by atoms with Crippen molar-refractivity contribution in [1.82, 2.24) is 5.06 Å². The lowest BCUT2D eigenvalue weighted by Crippen LogP contribution is -2.33. The average molecular weight is 255 g/mol. The Balaban J connectivity index is 2.37. The van der Waals surface area contributed by atoms with Gasteiger partial charge in [-0.25, -0.2) is 4.79 Å². The molecule has 0 bridgehead atoms. The summed E-state index contributed by atoms with van der Waals surface area (Å²) in [6.45, 7) is 3.70. The zero-order chi connectivity index (χ0) is 13.5. The minimum atomic E-state index is -1.05. The third kappa shape index (κ3) is 4.20. The third-order valence-electron chi connectivity index (χ3n) is 2.32. The predicted molar refractivity (Wildman–Crippen MR) is 62.2 cm³/mol. The Hall–Kier alpha value is -1.85. The van der Waals surface area contributed by atoms with Gasteiger partial charge in [-0.15, -0.1) is 0 Å². The Morgan fingerprint density at radius 2 is 2.00 bits per heavy atom. The molecule has 0 aromatic carbocycles. The lowest BCUT2D eigenvalue weighted by Gasteiger charge is -2.14. The molecule has 0 aromatic rings. The molecular weight excluding hydrogens is 238 g/mol. The zero-order valence-electron chi connectivity index (χ0n) is 10.5. The number of hydroxylamine groups is 2. The zero-order valence-corrected chi connectivity index (χ0v) is 10.5. The number of carbonyl (C=O) groups excluding carboxylic acids is 3. The number of carbonyl (C=O) groups is 3. The maximum absolute atomic E-state index is 11.3. The van der Waals surface area contributed by atoms with Crippen molar-refractivity contribution >= 4 is 18.0 Å². The van der Waals surface area contributed by atoms with E-state index < -0.39 is 24.1 Å². The van der Waals surface area contributed by atoms with Crippen molar-refractivity contribution in [3.63, 3.8) is 0 Å². The van der Waals surface area contributed by atoms with Gasteiger partial charge in [0.25, 0.3) is 11.8 Å². The number of hydrogen-bond donors (Lipinski definition) is 0. The van der Waals surface area contributed by atoms with Crippen LogP contribution in [0.5, 0.6) is 0 Å². The summed E-state index contributed by atoms with van der Waals surface area (Å²) in [5, 5.41) is 0.463. The third-order valence-corrected chi connectivity index (χ3v) is 2.32. The molecule has 2 amide bonds. The molecule has 0 aromatic heterocycles.